The molecule has 0 saturated heterocycles. The van der Waals surface area contributed by atoms with Gasteiger partial charge in [0, 0.05) is 36.1 Å². The summed E-state index contributed by atoms with van der Waals surface area (Å²) in [5.41, 5.74) is 3.35. The molecule has 100 valence electrons. The first-order valence-electron chi connectivity index (χ1n) is 6.29. The lowest BCUT2D eigenvalue weighted by molar-refractivity contribution is 0.569. The van der Waals surface area contributed by atoms with Gasteiger partial charge in [0.15, 0.2) is 0 Å². The zero-order valence-electron chi connectivity index (χ0n) is 11.7. The molecule has 2 rings (SSSR count). The number of aromatic amines is 1. The maximum absolute atomic E-state index is 12.0. The van der Waals surface area contributed by atoms with Crippen LogP contribution in [0.15, 0.2) is 35.4 Å². The number of rotatable bonds is 2. The fourth-order valence-corrected chi connectivity index (χ4v) is 2.07. The van der Waals surface area contributed by atoms with E-state index >= 15 is 0 Å². The third kappa shape index (κ3) is 2.67. The second kappa shape index (κ2) is 4.88. The number of nitrogens with one attached hydrogen (secondary N) is 2. The molecule has 0 bridgehead atoms. The number of pyridine rings is 2. The molecule has 0 spiro atoms. The summed E-state index contributed by atoms with van der Waals surface area (Å²) in [7, 11) is 1.75. The van der Waals surface area contributed by atoms with E-state index in [0.29, 0.717) is 5.69 Å². The Hall–Kier alpha value is -2.10. The molecule has 0 atom stereocenters. The zero-order chi connectivity index (χ0) is 14.0. The van der Waals surface area contributed by atoms with Gasteiger partial charge < -0.3 is 10.3 Å². The van der Waals surface area contributed by atoms with Crippen LogP contribution in [0, 0.1) is 0 Å². The van der Waals surface area contributed by atoms with Crippen LogP contribution >= 0.6 is 0 Å². The summed E-state index contributed by atoms with van der Waals surface area (Å²) in [4.78, 5) is 19.0. The van der Waals surface area contributed by atoms with Gasteiger partial charge in [0.05, 0.1) is 0 Å². The summed E-state index contributed by atoms with van der Waals surface area (Å²) in [5, 5.41) is 2.92. The van der Waals surface area contributed by atoms with Crippen molar-refractivity contribution in [2.45, 2.75) is 26.2 Å². The van der Waals surface area contributed by atoms with Crippen molar-refractivity contribution in [2.24, 2.45) is 0 Å². The van der Waals surface area contributed by atoms with E-state index in [0.717, 1.165) is 16.8 Å². The van der Waals surface area contributed by atoms with Gasteiger partial charge in [-0.05, 0) is 23.8 Å². The normalized spacial score (nSPS) is 11.4. The summed E-state index contributed by atoms with van der Waals surface area (Å²) in [6.07, 6.45) is 3.51. The van der Waals surface area contributed by atoms with Gasteiger partial charge in [-0.3, -0.25) is 9.78 Å². The summed E-state index contributed by atoms with van der Waals surface area (Å²) >= 11 is 0. The van der Waals surface area contributed by atoms with Crippen molar-refractivity contribution in [3.8, 4) is 11.1 Å². The lowest BCUT2D eigenvalue weighted by atomic mass is 9.86. The predicted molar refractivity (Wildman–Crippen MR) is 78.5 cm³/mol. The minimum atomic E-state index is -0.135. The highest BCUT2D eigenvalue weighted by Gasteiger charge is 2.21. The minimum Gasteiger partial charge on any atom is -0.384 e. The number of hydrogen-bond acceptors (Lipinski definition) is 3. The van der Waals surface area contributed by atoms with Crippen molar-refractivity contribution >= 4 is 5.69 Å². The average Bonchev–Trinajstić information content (AvgIpc) is 2.38. The molecule has 4 nitrogen and oxygen atoms in total. The number of nitrogens with zero attached hydrogens (tertiary/aromatic N) is 1. The zero-order valence-corrected chi connectivity index (χ0v) is 11.7. The van der Waals surface area contributed by atoms with Crippen molar-refractivity contribution in [3.63, 3.8) is 0 Å². The molecule has 0 aliphatic carbocycles. The molecule has 0 aromatic carbocycles. The number of aromatic nitrogens is 2. The van der Waals surface area contributed by atoms with Crippen LogP contribution in [0.5, 0.6) is 0 Å². The molecule has 0 aliphatic rings. The average molecular weight is 257 g/mol. The first kappa shape index (κ1) is 13.3. The quantitative estimate of drug-likeness (QED) is 0.869. The number of hydrogen-bond donors (Lipinski definition) is 2. The van der Waals surface area contributed by atoms with Crippen molar-refractivity contribution < 1.29 is 0 Å². The monoisotopic (exact) mass is 257 g/mol. The molecule has 2 N–H and O–H groups in total. The standard InChI is InChI=1S/C15H19N3O/c1-15(2,3)13-11(10-5-7-17-8-6-10)9-12(16-4)14(19)18-13/h5-9,16H,1-4H3,(H,18,19). The van der Waals surface area contributed by atoms with E-state index in [9.17, 15) is 4.79 Å². The fraction of sp³-hybridized carbons (Fsp3) is 0.333. The molecule has 0 amide bonds. The van der Waals surface area contributed by atoms with E-state index in [2.05, 4.69) is 36.1 Å². The Labute approximate surface area is 112 Å². The molecule has 0 radical (unpaired) electrons. The summed E-state index contributed by atoms with van der Waals surface area (Å²) in [6, 6.07) is 5.79. The maximum atomic E-state index is 12.0. The highest BCUT2D eigenvalue weighted by molar-refractivity contribution is 5.70. The molecule has 0 saturated carbocycles. The molecule has 19 heavy (non-hydrogen) atoms. The Kier molecular flexibility index (Phi) is 3.42. The molecule has 2 aromatic rings. The van der Waals surface area contributed by atoms with Gasteiger partial charge in [0.1, 0.15) is 5.69 Å². The molecule has 2 aromatic heterocycles. The summed E-state index contributed by atoms with van der Waals surface area (Å²) in [6.45, 7) is 6.26. The Morgan fingerprint density at radius 2 is 1.84 bits per heavy atom. The first-order valence-corrected chi connectivity index (χ1v) is 6.29. The summed E-state index contributed by atoms with van der Waals surface area (Å²) < 4.78 is 0. The van der Waals surface area contributed by atoms with E-state index in [1.807, 2.05) is 18.2 Å². The third-order valence-electron chi connectivity index (χ3n) is 3.05. The van der Waals surface area contributed by atoms with E-state index in [4.69, 9.17) is 0 Å². The first-order chi connectivity index (χ1) is 8.93. The minimum absolute atomic E-state index is 0.0924. The highest BCUT2D eigenvalue weighted by atomic mass is 16.1. The van der Waals surface area contributed by atoms with Gasteiger partial charge in [-0.2, -0.15) is 0 Å². The van der Waals surface area contributed by atoms with Gasteiger partial charge in [0.25, 0.3) is 5.56 Å². The third-order valence-corrected chi connectivity index (χ3v) is 3.05. The highest BCUT2D eigenvalue weighted by Crippen LogP contribution is 2.31. The number of anilines is 1. The molecular weight excluding hydrogens is 238 g/mol. The Bertz CT molecular complexity index is 624. The predicted octanol–water partition coefficient (Wildman–Crippen LogP) is 2.78. The van der Waals surface area contributed by atoms with Crippen LogP contribution < -0.4 is 10.9 Å². The SMILES string of the molecule is CNc1cc(-c2ccncc2)c(C(C)(C)C)[nH]c1=O. The van der Waals surface area contributed by atoms with Crippen molar-refractivity contribution in [1.82, 2.24) is 9.97 Å². The second-order valence-electron chi connectivity index (χ2n) is 5.54. The number of H-pyrrole nitrogens is 1. The molecular formula is C15H19N3O. The Morgan fingerprint density at radius 1 is 1.21 bits per heavy atom. The molecule has 4 heteroatoms. The van der Waals surface area contributed by atoms with E-state index in [-0.39, 0.29) is 11.0 Å². The second-order valence-corrected chi connectivity index (χ2v) is 5.54. The largest absolute Gasteiger partial charge is 0.384 e. The van der Waals surface area contributed by atoms with Gasteiger partial charge in [-0.1, -0.05) is 20.8 Å². The molecule has 2 heterocycles. The topological polar surface area (TPSA) is 57.8 Å². The molecule has 0 unspecified atom stereocenters. The fourth-order valence-electron chi connectivity index (χ4n) is 2.07. The van der Waals surface area contributed by atoms with Crippen LogP contribution in [-0.4, -0.2) is 17.0 Å². The van der Waals surface area contributed by atoms with Crippen molar-refractivity contribution in [3.05, 3.63) is 46.6 Å². The van der Waals surface area contributed by atoms with E-state index < -0.39 is 0 Å². The van der Waals surface area contributed by atoms with Gasteiger partial charge in [-0.25, -0.2) is 0 Å². The van der Waals surface area contributed by atoms with E-state index in [1.165, 1.54) is 0 Å². The maximum Gasteiger partial charge on any atom is 0.271 e. The lowest BCUT2D eigenvalue weighted by Crippen LogP contribution is -2.22. The van der Waals surface area contributed by atoms with E-state index in [1.54, 1.807) is 19.4 Å². The van der Waals surface area contributed by atoms with Crippen LogP contribution in [0.4, 0.5) is 5.69 Å². The van der Waals surface area contributed by atoms with Crippen LogP contribution in [0.3, 0.4) is 0 Å². The van der Waals surface area contributed by atoms with Gasteiger partial charge in [0.2, 0.25) is 0 Å². The van der Waals surface area contributed by atoms with Crippen LogP contribution in [0.2, 0.25) is 0 Å². The van der Waals surface area contributed by atoms with Gasteiger partial charge >= 0.3 is 0 Å². The van der Waals surface area contributed by atoms with Gasteiger partial charge in [-0.15, -0.1) is 0 Å². The Morgan fingerprint density at radius 3 is 2.37 bits per heavy atom. The van der Waals surface area contributed by atoms with Crippen molar-refractivity contribution in [2.75, 3.05) is 12.4 Å². The smallest absolute Gasteiger partial charge is 0.271 e. The molecule has 0 fully saturated rings. The lowest BCUT2D eigenvalue weighted by Gasteiger charge is -2.23. The molecule has 0 aliphatic heterocycles. The van der Waals surface area contributed by atoms with Crippen LogP contribution in [-0.2, 0) is 5.41 Å². The Balaban J connectivity index is 2.74. The van der Waals surface area contributed by atoms with Crippen LogP contribution in [0.25, 0.3) is 11.1 Å². The van der Waals surface area contributed by atoms with Crippen LogP contribution in [0.1, 0.15) is 26.5 Å². The summed E-state index contributed by atoms with van der Waals surface area (Å²) in [5.74, 6) is 0. The van der Waals surface area contributed by atoms with Crippen molar-refractivity contribution in [1.29, 1.82) is 0 Å².